The van der Waals surface area contributed by atoms with Crippen LogP contribution in [0.25, 0.3) is 0 Å². The molecule has 0 amide bonds. The minimum Gasteiger partial charge on any atom is -0.446 e. The fourth-order valence-corrected chi connectivity index (χ4v) is 5.80. The van der Waals surface area contributed by atoms with Crippen molar-refractivity contribution >= 4 is 17.0 Å². The van der Waals surface area contributed by atoms with Crippen LogP contribution in [0.4, 0.5) is 4.79 Å². The minimum atomic E-state index is -0.578. The van der Waals surface area contributed by atoms with Crippen molar-refractivity contribution in [2.24, 2.45) is 41.4 Å². The number of ether oxygens (including phenoxy) is 1. The smallest absolute Gasteiger partial charge is 0.404 e. The summed E-state index contributed by atoms with van der Waals surface area (Å²) in [5.41, 5.74) is -0.571. The zero-order chi connectivity index (χ0) is 7.83. The van der Waals surface area contributed by atoms with E-state index < -0.39 is 5.43 Å². The van der Waals surface area contributed by atoms with E-state index in [1.165, 1.54) is 0 Å². The lowest BCUT2D eigenvalue weighted by atomic mass is 8.99. The summed E-state index contributed by atoms with van der Waals surface area (Å²) in [7, 11) is 0. The molecule has 0 N–H and O–H groups in total. The van der Waals surface area contributed by atoms with Gasteiger partial charge >= 0.3 is 5.43 Å². The van der Waals surface area contributed by atoms with E-state index in [2.05, 4.69) is 0 Å². The Hall–Kier alpha value is -0.240. The highest BCUT2D eigenvalue weighted by Crippen LogP contribution is 3.03. The van der Waals surface area contributed by atoms with E-state index in [0.29, 0.717) is 0 Å². The molecule has 3 heteroatoms. The molecule has 6 aliphatic rings. The van der Waals surface area contributed by atoms with Crippen LogP contribution < -0.4 is 0 Å². The van der Waals surface area contributed by atoms with E-state index in [-0.39, 0.29) is 5.60 Å². The number of halogens is 1. The molecule has 0 radical (unpaired) electrons. The molecule has 0 aromatic heterocycles. The molecule has 0 aromatic rings. The molecule has 12 heavy (non-hydrogen) atoms. The van der Waals surface area contributed by atoms with Crippen LogP contribution in [-0.4, -0.2) is 11.0 Å². The first-order valence-electron chi connectivity index (χ1n) is 4.67. The average Bonchev–Trinajstić information content (AvgIpc) is 2.04. The van der Waals surface area contributed by atoms with Gasteiger partial charge in [-0.1, -0.05) is 0 Å². The van der Waals surface area contributed by atoms with Crippen LogP contribution >= 0.6 is 11.6 Å². The van der Waals surface area contributed by atoms with Crippen molar-refractivity contribution in [2.45, 2.75) is 5.60 Å². The van der Waals surface area contributed by atoms with Crippen LogP contribution in [0.3, 0.4) is 0 Å². The Labute approximate surface area is 74.2 Å². The Balaban J connectivity index is 1.60. The Morgan fingerprint density at radius 2 is 1.58 bits per heavy atom. The van der Waals surface area contributed by atoms with Crippen LogP contribution in [-0.2, 0) is 4.74 Å². The molecular formula is C9H7ClO2. The Bertz CT molecular complexity index is 300. The van der Waals surface area contributed by atoms with Crippen LogP contribution in [0.15, 0.2) is 0 Å². The maximum Gasteiger partial charge on any atom is 0.404 e. The zero-order valence-corrected chi connectivity index (χ0v) is 6.99. The van der Waals surface area contributed by atoms with Crippen molar-refractivity contribution in [1.29, 1.82) is 0 Å². The summed E-state index contributed by atoms with van der Waals surface area (Å²) in [6, 6.07) is 0. The molecule has 0 aliphatic heterocycles. The molecule has 6 saturated carbocycles. The van der Waals surface area contributed by atoms with Crippen LogP contribution in [0, 0.1) is 41.4 Å². The molecule has 0 saturated heterocycles. The van der Waals surface area contributed by atoms with Gasteiger partial charge in [0.25, 0.3) is 0 Å². The van der Waals surface area contributed by atoms with Crippen LogP contribution in [0.5, 0.6) is 0 Å². The fourth-order valence-electron chi connectivity index (χ4n) is 5.67. The van der Waals surface area contributed by atoms with Gasteiger partial charge in [0.2, 0.25) is 0 Å². The van der Waals surface area contributed by atoms with E-state index >= 15 is 0 Å². The maximum absolute atomic E-state index is 10.7. The van der Waals surface area contributed by atoms with Crippen LogP contribution in [0.2, 0.25) is 0 Å². The third kappa shape index (κ3) is 0.217. The van der Waals surface area contributed by atoms with Gasteiger partial charge in [-0.25, -0.2) is 4.79 Å². The second-order valence-electron chi connectivity index (χ2n) is 5.08. The van der Waals surface area contributed by atoms with Gasteiger partial charge in [-0.3, -0.25) is 0 Å². The van der Waals surface area contributed by atoms with E-state index in [1.54, 1.807) is 0 Å². The molecule has 6 aliphatic carbocycles. The normalized spacial score (nSPS) is 81.6. The summed E-state index contributed by atoms with van der Waals surface area (Å²) in [5, 5.41) is 0. The molecule has 6 rings (SSSR count). The lowest BCUT2D eigenvalue weighted by Gasteiger charge is -3.05. The van der Waals surface area contributed by atoms with Crippen molar-refractivity contribution in [2.75, 3.05) is 0 Å². The summed E-state index contributed by atoms with van der Waals surface area (Å²) in [5.74, 6) is 6.21. The third-order valence-electron chi connectivity index (χ3n) is 5.64. The van der Waals surface area contributed by atoms with Crippen molar-refractivity contribution in [3.8, 4) is 0 Å². The number of hydrogen-bond donors (Lipinski definition) is 0. The van der Waals surface area contributed by atoms with Gasteiger partial charge in [0.1, 0.15) is 5.60 Å². The number of rotatable bonds is 1. The number of carbonyl (C=O) groups excluding carboxylic acids is 1. The van der Waals surface area contributed by atoms with Gasteiger partial charge in [-0.15, -0.1) is 0 Å². The molecule has 0 spiro atoms. The first-order chi connectivity index (χ1) is 5.78. The second-order valence-corrected chi connectivity index (χ2v) is 5.39. The molecule has 0 heterocycles. The predicted molar refractivity (Wildman–Crippen MR) is 39.5 cm³/mol. The first kappa shape index (κ1) is 5.48. The Morgan fingerprint density at radius 3 is 2.00 bits per heavy atom. The van der Waals surface area contributed by atoms with Crippen molar-refractivity contribution in [3.63, 3.8) is 0 Å². The molecule has 62 valence electrons. The highest BCUT2D eigenvalue weighted by Gasteiger charge is 3.06. The van der Waals surface area contributed by atoms with E-state index in [4.69, 9.17) is 16.3 Å². The number of hydrogen-bond acceptors (Lipinski definition) is 2. The topological polar surface area (TPSA) is 26.3 Å². The largest absolute Gasteiger partial charge is 0.446 e. The van der Waals surface area contributed by atoms with Gasteiger partial charge in [0.05, 0.1) is 0 Å². The average molecular weight is 183 g/mol. The van der Waals surface area contributed by atoms with E-state index in [9.17, 15) is 4.79 Å². The highest BCUT2D eigenvalue weighted by atomic mass is 35.5. The molecule has 0 unspecified atom stereocenters. The van der Waals surface area contributed by atoms with Gasteiger partial charge in [0, 0.05) is 29.4 Å². The predicted octanol–water partition coefficient (Wildman–Crippen LogP) is 1.48. The highest BCUT2D eigenvalue weighted by molar-refractivity contribution is 6.61. The first-order valence-corrected chi connectivity index (χ1v) is 5.05. The van der Waals surface area contributed by atoms with E-state index in [0.717, 1.165) is 41.4 Å². The van der Waals surface area contributed by atoms with Crippen LogP contribution in [0.1, 0.15) is 0 Å². The molecule has 2 nitrogen and oxygen atoms in total. The monoisotopic (exact) mass is 182 g/mol. The van der Waals surface area contributed by atoms with Gasteiger partial charge < -0.3 is 4.74 Å². The Kier molecular flexibility index (Phi) is 0.495. The van der Waals surface area contributed by atoms with Gasteiger partial charge in [-0.05, 0) is 23.7 Å². The van der Waals surface area contributed by atoms with Crippen molar-refractivity contribution in [3.05, 3.63) is 0 Å². The van der Waals surface area contributed by atoms with Crippen molar-refractivity contribution in [1.82, 2.24) is 0 Å². The second kappa shape index (κ2) is 1.08. The fraction of sp³-hybridized carbons (Fsp3) is 0.889. The maximum atomic E-state index is 10.7. The van der Waals surface area contributed by atoms with Crippen molar-refractivity contribution < 1.29 is 9.53 Å². The third-order valence-corrected chi connectivity index (χ3v) is 5.72. The van der Waals surface area contributed by atoms with Gasteiger partial charge in [0.15, 0.2) is 0 Å². The summed E-state index contributed by atoms with van der Waals surface area (Å²) in [4.78, 5) is 10.7. The molecule has 0 bridgehead atoms. The zero-order valence-electron chi connectivity index (χ0n) is 6.24. The summed E-state index contributed by atoms with van der Waals surface area (Å²) in [6.07, 6.45) is 0. The molecule has 6 fully saturated rings. The van der Waals surface area contributed by atoms with E-state index in [1.807, 2.05) is 0 Å². The number of carbonyl (C=O) groups is 1. The SMILES string of the molecule is O=C(Cl)OC12C3C4C5C3C1C5C42. The standard InChI is InChI=1S/C9H7ClO2/c10-8(11)12-9-5-2-1-3(5)7(9)4(1)6(2)9/h1-7H. The lowest BCUT2D eigenvalue weighted by Crippen LogP contribution is -3.09. The molecular weight excluding hydrogens is 176 g/mol. The van der Waals surface area contributed by atoms with Gasteiger partial charge in [-0.2, -0.15) is 0 Å². The summed E-state index contributed by atoms with van der Waals surface area (Å²) >= 11 is 5.27. The minimum absolute atomic E-state index is 0.00752. The summed E-state index contributed by atoms with van der Waals surface area (Å²) < 4.78 is 5.28. The molecule has 0 aromatic carbocycles. The summed E-state index contributed by atoms with van der Waals surface area (Å²) in [6.45, 7) is 0. The quantitative estimate of drug-likeness (QED) is 0.575. The Morgan fingerprint density at radius 1 is 1.08 bits per heavy atom. The lowest BCUT2D eigenvalue weighted by molar-refractivity contribution is -0.616. The molecule has 0 atom stereocenters.